The van der Waals surface area contributed by atoms with E-state index >= 15 is 0 Å². The summed E-state index contributed by atoms with van der Waals surface area (Å²) in [5, 5.41) is 14.2. The lowest BCUT2D eigenvalue weighted by molar-refractivity contribution is 0.454. The van der Waals surface area contributed by atoms with E-state index in [4.69, 9.17) is 0 Å². The van der Waals surface area contributed by atoms with Crippen molar-refractivity contribution in [2.75, 3.05) is 30.3 Å². The fourth-order valence-electron chi connectivity index (χ4n) is 2.56. The minimum atomic E-state index is 0.190. The van der Waals surface area contributed by atoms with Gasteiger partial charge in [-0.05, 0) is 19.5 Å². The van der Waals surface area contributed by atoms with Crippen LogP contribution in [0.4, 0.5) is 5.69 Å². The van der Waals surface area contributed by atoms with E-state index in [2.05, 4.69) is 37.1 Å². The smallest absolute Gasteiger partial charge is 0.122 e. The van der Waals surface area contributed by atoms with Crippen LogP contribution in [-0.4, -0.2) is 35.7 Å². The van der Waals surface area contributed by atoms with E-state index in [1.165, 1.54) is 0 Å². The molecule has 19 heavy (non-hydrogen) atoms. The highest BCUT2D eigenvalue weighted by atomic mass is 32.2. The zero-order valence-corrected chi connectivity index (χ0v) is 12.8. The van der Waals surface area contributed by atoms with E-state index in [1.54, 1.807) is 0 Å². The van der Waals surface area contributed by atoms with E-state index in [0.29, 0.717) is 11.0 Å². The molecule has 3 nitrogen and oxygen atoms in total. The van der Waals surface area contributed by atoms with Crippen LogP contribution >= 0.6 is 11.8 Å². The zero-order valence-electron chi connectivity index (χ0n) is 12.0. The first-order chi connectivity index (χ1) is 9.11. The van der Waals surface area contributed by atoms with Gasteiger partial charge in [-0.3, -0.25) is 0 Å². The number of nitrogens with one attached hydrogen (secondary N) is 1. The molecule has 2 atom stereocenters. The van der Waals surface area contributed by atoms with Crippen molar-refractivity contribution in [1.82, 2.24) is 5.32 Å². The third-order valence-corrected chi connectivity index (χ3v) is 4.73. The molecule has 0 amide bonds. The van der Waals surface area contributed by atoms with Gasteiger partial charge < -0.3 is 15.3 Å². The summed E-state index contributed by atoms with van der Waals surface area (Å²) < 4.78 is 0. The summed E-state index contributed by atoms with van der Waals surface area (Å²) in [6.45, 7) is 9.46. The van der Waals surface area contributed by atoms with Crippen molar-refractivity contribution in [2.45, 2.75) is 32.1 Å². The molecule has 4 heteroatoms. The Labute approximate surface area is 120 Å². The van der Waals surface area contributed by atoms with Crippen LogP contribution in [0.2, 0.25) is 0 Å². The number of thioether (sulfide) groups is 1. The number of aromatic hydroxyl groups is 1. The van der Waals surface area contributed by atoms with Gasteiger partial charge >= 0.3 is 0 Å². The summed E-state index contributed by atoms with van der Waals surface area (Å²) in [7, 11) is 0. The van der Waals surface area contributed by atoms with Gasteiger partial charge in [-0.25, -0.2) is 0 Å². The monoisotopic (exact) mass is 280 g/mol. The third-order valence-electron chi connectivity index (χ3n) is 3.60. The lowest BCUT2D eigenvalue weighted by atomic mass is 10.1. The van der Waals surface area contributed by atoms with Crippen molar-refractivity contribution < 1.29 is 5.11 Å². The second-order valence-corrected chi connectivity index (χ2v) is 6.70. The number of nitrogens with zero attached hydrogens (tertiary/aromatic N) is 1. The Morgan fingerprint density at radius 1 is 1.53 bits per heavy atom. The molecule has 0 saturated carbocycles. The number of phenolic OH excluding ortho intramolecular Hbond substituents is 1. The first-order valence-corrected chi connectivity index (χ1v) is 8.09. The maximum absolute atomic E-state index is 10.2. The number of hydrogen-bond donors (Lipinski definition) is 2. The molecule has 1 aromatic carbocycles. The van der Waals surface area contributed by atoms with Gasteiger partial charge in [0, 0.05) is 47.5 Å². The Bertz CT molecular complexity index is 425. The zero-order chi connectivity index (χ0) is 13.8. The molecule has 0 bridgehead atoms. The van der Waals surface area contributed by atoms with Crippen molar-refractivity contribution in [3.05, 3.63) is 23.8 Å². The Balaban J connectivity index is 2.14. The molecular weight excluding hydrogens is 256 g/mol. The summed E-state index contributed by atoms with van der Waals surface area (Å²) in [5.74, 6) is 1.56. The summed E-state index contributed by atoms with van der Waals surface area (Å²) in [5.41, 5.74) is 2.11. The normalized spacial score (nSPS) is 21.4. The van der Waals surface area contributed by atoms with Crippen molar-refractivity contribution in [2.24, 2.45) is 0 Å². The van der Waals surface area contributed by atoms with E-state index in [0.717, 1.165) is 36.6 Å². The quantitative estimate of drug-likeness (QED) is 0.889. The van der Waals surface area contributed by atoms with Gasteiger partial charge in [0.1, 0.15) is 5.75 Å². The Morgan fingerprint density at radius 2 is 2.32 bits per heavy atom. The molecule has 0 aliphatic carbocycles. The lowest BCUT2D eigenvalue weighted by Gasteiger charge is -2.32. The van der Waals surface area contributed by atoms with Gasteiger partial charge in [-0.2, -0.15) is 11.8 Å². The number of phenols is 1. The molecular formula is C15H24N2OS. The largest absolute Gasteiger partial charge is 0.508 e. The predicted molar refractivity (Wildman–Crippen MR) is 84.3 cm³/mol. The number of rotatable bonds is 4. The van der Waals surface area contributed by atoms with E-state index in [9.17, 15) is 5.11 Å². The molecule has 1 fully saturated rings. The Morgan fingerprint density at radius 3 is 2.95 bits per heavy atom. The average molecular weight is 280 g/mol. The van der Waals surface area contributed by atoms with Crippen LogP contribution in [0.25, 0.3) is 0 Å². The van der Waals surface area contributed by atoms with Crippen LogP contribution < -0.4 is 10.2 Å². The maximum Gasteiger partial charge on any atom is 0.122 e. The number of benzene rings is 1. The minimum Gasteiger partial charge on any atom is -0.508 e. The summed E-state index contributed by atoms with van der Waals surface area (Å²) in [6.07, 6.45) is 0. The Kier molecular flexibility index (Phi) is 4.99. The van der Waals surface area contributed by atoms with Crippen molar-refractivity contribution in [1.29, 1.82) is 0 Å². The van der Waals surface area contributed by atoms with Crippen LogP contribution in [-0.2, 0) is 0 Å². The highest BCUT2D eigenvalue weighted by Crippen LogP contribution is 2.31. The number of anilines is 1. The topological polar surface area (TPSA) is 35.5 Å². The minimum absolute atomic E-state index is 0.190. The fraction of sp³-hybridized carbons (Fsp3) is 0.600. The molecule has 2 N–H and O–H groups in total. The average Bonchev–Trinajstić information content (AvgIpc) is 2.38. The van der Waals surface area contributed by atoms with Gasteiger partial charge in [-0.15, -0.1) is 0 Å². The first kappa shape index (κ1) is 14.5. The molecule has 2 rings (SSSR count). The molecule has 0 spiro atoms. The van der Waals surface area contributed by atoms with Crippen molar-refractivity contribution >= 4 is 17.4 Å². The van der Waals surface area contributed by atoms with Gasteiger partial charge in [0.05, 0.1) is 0 Å². The molecule has 0 aromatic heterocycles. The summed E-state index contributed by atoms with van der Waals surface area (Å²) in [4.78, 5) is 2.36. The Hall–Kier alpha value is -0.870. The third kappa shape index (κ3) is 3.57. The molecule has 1 aliphatic rings. The highest BCUT2D eigenvalue weighted by Gasteiger charge is 2.18. The molecule has 0 radical (unpaired) electrons. The molecule has 1 saturated heterocycles. The van der Waals surface area contributed by atoms with Gasteiger partial charge in [-0.1, -0.05) is 19.9 Å². The predicted octanol–water partition coefficient (Wildman–Crippen LogP) is 3.00. The first-order valence-electron chi connectivity index (χ1n) is 7.04. The standard InChI is InChI=1S/C15H24N2OS/c1-4-16-12(3)14-6-5-13(9-15(14)18)17-7-8-19-11(2)10-17/h5-6,9,11-12,16,18H,4,7-8,10H2,1-3H3. The van der Waals surface area contributed by atoms with Crippen LogP contribution in [0, 0.1) is 0 Å². The lowest BCUT2D eigenvalue weighted by Crippen LogP contribution is -2.36. The van der Waals surface area contributed by atoms with Gasteiger partial charge in [0.2, 0.25) is 0 Å². The molecule has 106 valence electrons. The number of hydrogen-bond acceptors (Lipinski definition) is 4. The molecule has 1 aliphatic heterocycles. The fourth-order valence-corrected chi connectivity index (χ4v) is 3.58. The summed E-state index contributed by atoms with van der Waals surface area (Å²) >= 11 is 2.02. The van der Waals surface area contributed by atoms with Gasteiger partial charge in [0.25, 0.3) is 0 Å². The maximum atomic E-state index is 10.2. The van der Waals surface area contributed by atoms with Crippen molar-refractivity contribution in [3.63, 3.8) is 0 Å². The molecule has 1 heterocycles. The van der Waals surface area contributed by atoms with Gasteiger partial charge in [0.15, 0.2) is 0 Å². The van der Waals surface area contributed by atoms with Crippen LogP contribution in [0.3, 0.4) is 0 Å². The van der Waals surface area contributed by atoms with E-state index in [1.807, 2.05) is 23.9 Å². The van der Waals surface area contributed by atoms with E-state index < -0.39 is 0 Å². The van der Waals surface area contributed by atoms with Crippen LogP contribution in [0.15, 0.2) is 18.2 Å². The second kappa shape index (κ2) is 6.53. The second-order valence-electron chi connectivity index (χ2n) is 5.15. The van der Waals surface area contributed by atoms with Crippen LogP contribution in [0.5, 0.6) is 5.75 Å². The van der Waals surface area contributed by atoms with Crippen molar-refractivity contribution in [3.8, 4) is 5.75 Å². The molecule has 1 aromatic rings. The van der Waals surface area contributed by atoms with Crippen LogP contribution in [0.1, 0.15) is 32.4 Å². The molecule has 2 unspecified atom stereocenters. The summed E-state index contributed by atoms with van der Waals surface area (Å²) in [6, 6.07) is 6.27. The highest BCUT2D eigenvalue weighted by molar-refractivity contribution is 8.00. The van der Waals surface area contributed by atoms with E-state index in [-0.39, 0.29) is 6.04 Å². The SMILES string of the molecule is CCNC(C)c1ccc(N2CCSC(C)C2)cc1O.